The third kappa shape index (κ3) is 3.75. The van der Waals surface area contributed by atoms with Gasteiger partial charge in [0.25, 0.3) is 0 Å². The maximum atomic E-state index is 13.4. The summed E-state index contributed by atoms with van der Waals surface area (Å²) in [5.74, 6) is -1.01. The van der Waals surface area contributed by atoms with Crippen LogP contribution in [0, 0.1) is 28.1 Å². The third-order valence-electron chi connectivity index (χ3n) is 12.0. The largest absolute Gasteiger partial charge is 0.472 e. The molecule has 11 atom stereocenters. The molecule has 0 aromatic carbocycles. The van der Waals surface area contributed by atoms with Crippen molar-refractivity contribution >= 4 is 11.9 Å². The molecule has 41 heavy (non-hydrogen) atoms. The Morgan fingerprint density at radius 1 is 1.15 bits per heavy atom. The molecule has 0 amide bonds. The summed E-state index contributed by atoms with van der Waals surface area (Å²) in [7, 11) is 1.42. The first-order valence-electron chi connectivity index (χ1n) is 14.9. The number of hydrogen-bond donors (Lipinski definition) is 1. The highest BCUT2D eigenvalue weighted by Gasteiger charge is 2.78. The highest BCUT2D eigenvalue weighted by atomic mass is 16.6. The van der Waals surface area contributed by atoms with E-state index in [1.54, 1.807) is 19.5 Å². The molecule has 3 aliphatic carbocycles. The van der Waals surface area contributed by atoms with Crippen LogP contribution >= 0.6 is 0 Å². The van der Waals surface area contributed by atoms with Gasteiger partial charge in [0.15, 0.2) is 0 Å². The first-order chi connectivity index (χ1) is 19.3. The Balaban J connectivity index is 1.54. The lowest BCUT2D eigenvalue weighted by Gasteiger charge is -2.65. The van der Waals surface area contributed by atoms with Gasteiger partial charge in [-0.1, -0.05) is 31.9 Å². The number of allylic oxidation sites excluding steroid dienone is 2. The molecular formula is C33H44O8. The molecule has 1 aromatic heterocycles. The lowest BCUT2D eigenvalue weighted by atomic mass is 9.40. The smallest absolute Gasteiger partial charge is 0.333 e. The summed E-state index contributed by atoms with van der Waals surface area (Å²) in [5, 5.41) is 11.6. The Bertz CT molecular complexity index is 1310. The van der Waals surface area contributed by atoms with Gasteiger partial charge < -0.3 is 28.5 Å². The molecule has 0 bridgehead atoms. The molecule has 8 heteroatoms. The Morgan fingerprint density at radius 2 is 1.88 bits per heavy atom. The van der Waals surface area contributed by atoms with Crippen LogP contribution in [-0.4, -0.2) is 61.3 Å². The molecule has 2 aliphatic heterocycles. The van der Waals surface area contributed by atoms with Crippen LogP contribution in [0.4, 0.5) is 0 Å². The summed E-state index contributed by atoms with van der Waals surface area (Å²) in [6.45, 7) is 14.6. The molecule has 1 N–H and O–H groups in total. The standard InChI is InChI=1S/C33H44O8/c1-16(2)17(3)30(36)41-24-13-23(34)31(5)15-39-27-28(31)32(24,6)22(12-25(35)37-8)33(7)26-18(4)20(19-9-10-38-14-19)11-21(26)40-29(27)33/h9-10,14,20-24,27-29,34H,11-13,15H2,1-8H3. The first kappa shape index (κ1) is 28.7. The highest BCUT2D eigenvalue weighted by molar-refractivity contribution is 5.88. The minimum atomic E-state index is -0.731. The molecule has 5 aliphatic rings. The van der Waals surface area contributed by atoms with E-state index in [1.165, 1.54) is 18.3 Å². The Labute approximate surface area is 242 Å². The summed E-state index contributed by atoms with van der Waals surface area (Å²) in [5.41, 5.74) is 3.16. The molecule has 6 rings (SSSR count). The van der Waals surface area contributed by atoms with Crippen molar-refractivity contribution in [1.82, 2.24) is 0 Å². The number of esters is 2. The summed E-state index contributed by atoms with van der Waals surface area (Å²) < 4.78 is 30.7. The molecule has 1 aromatic rings. The Morgan fingerprint density at radius 3 is 2.51 bits per heavy atom. The Hall–Kier alpha value is -2.42. The van der Waals surface area contributed by atoms with E-state index >= 15 is 0 Å². The molecule has 3 heterocycles. The van der Waals surface area contributed by atoms with Gasteiger partial charge in [-0.3, -0.25) is 4.79 Å². The molecule has 2 saturated heterocycles. The third-order valence-corrected chi connectivity index (χ3v) is 12.0. The lowest BCUT2D eigenvalue weighted by molar-refractivity contribution is -0.248. The minimum absolute atomic E-state index is 0.122. The van der Waals surface area contributed by atoms with Crippen molar-refractivity contribution in [3.8, 4) is 0 Å². The fourth-order valence-electron chi connectivity index (χ4n) is 9.74. The van der Waals surface area contributed by atoms with Gasteiger partial charge in [0, 0.05) is 46.5 Å². The number of furan rings is 1. The molecular weight excluding hydrogens is 524 g/mol. The number of ether oxygens (including phenoxy) is 4. The van der Waals surface area contributed by atoms with Crippen molar-refractivity contribution in [3.63, 3.8) is 0 Å². The molecule has 224 valence electrons. The van der Waals surface area contributed by atoms with Crippen molar-refractivity contribution in [2.45, 2.75) is 104 Å². The molecule has 11 unspecified atom stereocenters. The van der Waals surface area contributed by atoms with Crippen LogP contribution in [-0.2, 0) is 28.5 Å². The van der Waals surface area contributed by atoms with Gasteiger partial charge in [-0.05, 0) is 57.2 Å². The predicted octanol–water partition coefficient (Wildman–Crippen LogP) is 5.11. The number of aliphatic hydroxyl groups is 1. The normalized spacial score (nSPS) is 44.2. The predicted molar refractivity (Wildman–Crippen MR) is 150 cm³/mol. The second-order valence-corrected chi connectivity index (χ2v) is 14.0. The molecule has 0 radical (unpaired) electrons. The van der Waals surface area contributed by atoms with Gasteiger partial charge in [0.2, 0.25) is 0 Å². The fourth-order valence-corrected chi connectivity index (χ4v) is 9.74. The maximum Gasteiger partial charge on any atom is 0.333 e. The van der Waals surface area contributed by atoms with Gasteiger partial charge in [-0.25, -0.2) is 4.79 Å². The van der Waals surface area contributed by atoms with Gasteiger partial charge in [0.1, 0.15) is 6.10 Å². The van der Waals surface area contributed by atoms with E-state index in [4.69, 9.17) is 23.4 Å². The number of methoxy groups -OCH3 is 1. The van der Waals surface area contributed by atoms with Crippen LogP contribution in [0.2, 0.25) is 0 Å². The SMILES string of the molecule is COC(=O)CC1C2(C)C3=C(C)C(c4ccoc4)CC3OC2C2OCC3(C)C(O)CC(OC(=O)C(C)=C(C)C)C1(C)C23. The minimum Gasteiger partial charge on any atom is -0.472 e. The molecule has 0 spiro atoms. The monoisotopic (exact) mass is 568 g/mol. The van der Waals surface area contributed by atoms with E-state index in [-0.39, 0.29) is 60.8 Å². The summed E-state index contributed by atoms with van der Waals surface area (Å²) in [4.78, 5) is 26.6. The summed E-state index contributed by atoms with van der Waals surface area (Å²) in [6.07, 6.45) is 2.62. The van der Waals surface area contributed by atoms with Crippen molar-refractivity contribution < 1.29 is 38.1 Å². The number of rotatable bonds is 5. The van der Waals surface area contributed by atoms with Gasteiger partial charge in [-0.2, -0.15) is 0 Å². The molecule has 4 fully saturated rings. The maximum absolute atomic E-state index is 13.4. The van der Waals surface area contributed by atoms with Crippen LogP contribution in [0.5, 0.6) is 0 Å². The van der Waals surface area contributed by atoms with Gasteiger partial charge in [-0.15, -0.1) is 0 Å². The Kier molecular flexibility index (Phi) is 6.68. The van der Waals surface area contributed by atoms with E-state index in [0.29, 0.717) is 12.2 Å². The number of hydrogen-bond acceptors (Lipinski definition) is 8. The van der Waals surface area contributed by atoms with Crippen LogP contribution < -0.4 is 0 Å². The second-order valence-electron chi connectivity index (χ2n) is 14.0. The van der Waals surface area contributed by atoms with Gasteiger partial charge >= 0.3 is 11.9 Å². The fraction of sp³-hybridized carbons (Fsp3) is 0.697. The van der Waals surface area contributed by atoms with Crippen LogP contribution in [0.3, 0.4) is 0 Å². The van der Waals surface area contributed by atoms with Crippen molar-refractivity contribution in [2.24, 2.45) is 28.1 Å². The van der Waals surface area contributed by atoms with Crippen LogP contribution in [0.1, 0.15) is 79.2 Å². The van der Waals surface area contributed by atoms with E-state index in [2.05, 4.69) is 27.7 Å². The number of fused-ring (bicyclic) bond motifs is 4. The molecule has 8 nitrogen and oxygen atoms in total. The topological polar surface area (TPSA) is 104 Å². The zero-order valence-electron chi connectivity index (χ0n) is 25.5. The van der Waals surface area contributed by atoms with Crippen LogP contribution in [0.15, 0.2) is 45.3 Å². The first-order valence-corrected chi connectivity index (χ1v) is 14.9. The van der Waals surface area contributed by atoms with Crippen molar-refractivity contribution in [3.05, 3.63) is 46.4 Å². The van der Waals surface area contributed by atoms with E-state index < -0.39 is 28.5 Å². The van der Waals surface area contributed by atoms with E-state index in [1.807, 2.05) is 19.9 Å². The van der Waals surface area contributed by atoms with Gasteiger partial charge in [0.05, 0.1) is 50.7 Å². The van der Waals surface area contributed by atoms with Crippen LogP contribution in [0.25, 0.3) is 0 Å². The number of aliphatic hydroxyl groups excluding tert-OH is 1. The quantitative estimate of drug-likeness (QED) is 0.297. The second kappa shape index (κ2) is 9.55. The van der Waals surface area contributed by atoms with E-state index in [9.17, 15) is 14.7 Å². The lowest BCUT2D eigenvalue weighted by Crippen LogP contribution is -2.70. The zero-order valence-corrected chi connectivity index (χ0v) is 25.5. The summed E-state index contributed by atoms with van der Waals surface area (Å²) >= 11 is 0. The zero-order chi connectivity index (χ0) is 29.6. The summed E-state index contributed by atoms with van der Waals surface area (Å²) in [6, 6.07) is 2.01. The number of carbonyl (C=O) groups is 2. The van der Waals surface area contributed by atoms with E-state index in [0.717, 1.165) is 17.6 Å². The average molecular weight is 569 g/mol. The number of carbonyl (C=O) groups excluding carboxylic acids is 2. The average Bonchev–Trinajstić information content (AvgIpc) is 3.70. The van der Waals surface area contributed by atoms with Crippen molar-refractivity contribution in [1.29, 1.82) is 0 Å². The highest BCUT2D eigenvalue weighted by Crippen LogP contribution is 2.73. The molecule has 2 saturated carbocycles. The van der Waals surface area contributed by atoms with Crippen molar-refractivity contribution in [2.75, 3.05) is 13.7 Å².